The second-order valence-corrected chi connectivity index (χ2v) is 16.2. The highest BCUT2D eigenvalue weighted by Crippen LogP contribution is 2.33. The van der Waals surface area contributed by atoms with Gasteiger partial charge in [-0.25, -0.2) is 4.98 Å². The molecular formula is C40H45N7O8S. The van der Waals surface area contributed by atoms with Gasteiger partial charge in [0.15, 0.2) is 0 Å². The first kappa shape index (κ1) is 39.9. The highest BCUT2D eigenvalue weighted by Gasteiger charge is 2.46. The van der Waals surface area contributed by atoms with E-state index in [1.165, 1.54) is 18.2 Å². The van der Waals surface area contributed by atoms with E-state index in [1.54, 1.807) is 16.2 Å². The summed E-state index contributed by atoms with van der Waals surface area (Å²) < 4.78 is 0. The molecule has 8 amide bonds. The molecule has 0 spiro atoms. The van der Waals surface area contributed by atoms with Crippen molar-refractivity contribution in [3.05, 3.63) is 70.4 Å². The van der Waals surface area contributed by atoms with Gasteiger partial charge in [-0.15, -0.1) is 11.3 Å². The topological polar surface area (TPSA) is 204 Å². The van der Waals surface area contributed by atoms with Gasteiger partial charge in [0.1, 0.15) is 18.1 Å². The van der Waals surface area contributed by atoms with Crippen LogP contribution in [0.4, 0.5) is 5.69 Å². The molecule has 2 aromatic carbocycles. The van der Waals surface area contributed by atoms with Crippen LogP contribution in [0.5, 0.6) is 0 Å². The molecule has 294 valence electrons. The Morgan fingerprint density at radius 3 is 2.38 bits per heavy atom. The Bertz CT molecular complexity index is 2090. The largest absolute Gasteiger partial charge is 0.350 e. The first-order valence-corrected chi connectivity index (χ1v) is 19.5. The van der Waals surface area contributed by atoms with Crippen molar-refractivity contribution < 1.29 is 38.4 Å². The number of aromatic nitrogens is 1. The van der Waals surface area contributed by atoms with Gasteiger partial charge in [0.05, 0.1) is 32.9 Å². The van der Waals surface area contributed by atoms with E-state index < -0.39 is 59.0 Å². The highest BCUT2D eigenvalue weighted by atomic mass is 32.1. The molecule has 0 bridgehead atoms. The Morgan fingerprint density at radius 2 is 1.70 bits per heavy atom. The van der Waals surface area contributed by atoms with Crippen molar-refractivity contribution >= 4 is 64.3 Å². The first-order chi connectivity index (χ1) is 26.6. The van der Waals surface area contributed by atoms with E-state index in [4.69, 9.17) is 0 Å². The van der Waals surface area contributed by atoms with Crippen molar-refractivity contribution in [2.24, 2.45) is 5.41 Å². The standard InChI is InChI=1S/C40H45N7O8S/c1-22-33(56-21-42-22)24-15-13-23(14-16-24)20-41-35(51)27-10-7-19-46(27)39(55)34(40(2,3)4)44-30(49)12-6-11-29(48)43-26-9-5-8-25-32(26)38(54)47(37(25)53)28-17-18-31(50)45-36(28)52/h5,8-9,13-16,21,27-28,34H,6-7,10-12,17-20H2,1-4H3,(H,41,51)(H,43,48)(H,44,49)(H,45,50,52). The summed E-state index contributed by atoms with van der Waals surface area (Å²) in [6, 6.07) is 9.55. The summed E-state index contributed by atoms with van der Waals surface area (Å²) in [5.74, 6) is -4.23. The lowest BCUT2D eigenvalue weighted by Gasteiger charge is -2.35. The van der Waals surface area contributed by atoms with Crippen LogP contribution in [0, 0.1) is 12.3 Å². The molecule has 3 aliphatic heterocycles. The van der Waals surface area contributed by atoms with E-state index >= 15 is 0 Å². The molecule has 4 N–H and O–H groups in total. The van der Waals surface area contributed by atoms with Crippen molar-refractivity contribution in [3.8, 4) is 10.4 Å². The lowest BCUT2D eigenvalue weighted by atomic mass is 9.85. The van der Waals surface area contributed by atoms with E-state index in [0.29, 0.717) is 25.9 Å². The summed E-state index contributed by atoms with van der Waals surface area (Å²) in [5.41, 5.74) is 4.12. The summed E-state index contributed by atoms with van der Waals surface area (Å²) in [4.78, 5) is 112. The van der Waals surface area contributed by atoms with Gasteiger partial charge in [0.2, 0.25) is 35.4 Å². The van der Waals surface area contributed by atoms with Gasteiger partial charge in [0.25, 0.3) is 11.8 Å². The number of benzene rings is 2. The summed E-state index contributed by atoms with van der Waals surface area (Å²) in [5, 5.41) is 10.6. The highest BCUT2D eigenvalue weighted by molar-refractivity contribution is 7.13. The van der Waals surface area contributed by atoms with Gasteiger partial charge in [-0.1, -0.05) is 51.1 Å². The van der Waals surface area contributed by atoms with Gasteiger partial charge >= 0.3 is 0 Å². The zero-order valence-electron chi connectivity index (χ0n) is 31.7. The lowest BCUT2D eigenvalue weighted by molar-refractivity contribution is -0.144. The number of thiazole rings is 1. The Balaban J connectivity index is 1.00. The number of hydrogen-bond acceptors (Lipinski definition) is 10. The van der Waals surface area contributed by atoms with Crippen LogP contribution in [0.3, 0.4) is 0 Å². The number of likely N-dealkylation sites (tertiary alicyclic amines) is 1. The normalized spacial score (nSPS) is 18.7. The zero-order chi connectivity index (χ0) is 40.3. The van der Waals surface area contributed by atoms with Crippen molar-refractivity contribution in [1.82, 2.24) is 30.7 Å². The summed E-state index contributed by atoms with van der Waals surface area (Å²) >= 11 is 1.57. The van der Waals surface area contributed by atoms with Crippen molar-refractivity contribution in [2.75, 3.05) is 11.9 Å². The second-order valence-electron chi connectivity index (χ2n) is 15.3. The maximum absolute atomic E-state index is 13.9. The van der Waals surface area contributed by atoms with Crippen LogP contribution in [0.25, 0.3) is 10.4 Å². The molecule has 3 aromatic rings. The van der Waals surface area contributed by atoms with Crippen molar-refractivity contribution in [1.29, 1.82) is 0 Å². The zero-order valence-corrected chi connectivity index (χ0v) is 32.5. The van der Waals surface area contributed by atoms with E-state index in [-0.39, 0.29) is 60.7 Å². The van der Waals surface area contributed by atoms with Gasteiger partial charge in [-0.05, 0) is 61.3 Å². The molecule has 0 aliphatic carbocycles. The SMILES string of the molecule is Cc1ncsc1-c1ccc(CNC(=O)C2CCCN2C(=O)C(NC(=O)CCCC(=O)Nc2cccc3c2C(=O)N(C2CCC(=O)NC2=O)C3=O)C(C)(C)C)cc1. The molecule has 3 aliphatic rings. The molecule has 4 heterocycles. The van der Waals surface area contributed by atoms with Gasteiger partial charge in [0, 0.05) is 32.4 Å². The molecule has 2 saturated heterocycles. The molecule has 3 unspecified atom stereocenters. The quantitative estimate of drug-likeness (QED) is 0.198. The number of nitrogens with zero attached hydrogens (tertiary/aromatic N) is 3. The van der Waals surface area contributed by atoms with Gasteiger partial charge in [-0.3, -0.25) is 48.6 Å². The third kappa shape index (κ3) is 8.54. The molecule has 6 rings (SSSR count). The minimum absolute atomic E-state index is 0.000369. The number of carbonyl (C=O) groups is 8. The average molecular weight is 784 g/mol. The van der Waals surface area contributed by atoms with E-state index in [9.17, 15) is 38.4 Å². The van der Waals surface area contributed by atoms with Crippen LogP contribution in [-0.4, -0.2) is 86.7 Å². The summed E-state index contributed by atoms with van der Waals surface area (Å²) in [6.07, 6.45) is 1.06. The summed E-state index contributed by atoms with van der Waals surface area (Å²) in [6.45, 7) is 8.13. The number of nitrogens with one attached hydrogen (secondary N) is 4. The number of fused-ring (bicyclic) bond motifs is 1. The molecule has 16 heteroatoms. The van der Waals surface area contributed by atoms with Crippen LogP contribution in [0.1, 0.15) is 97.7 Å². The lowest BCUT2D eigenvalue weighted by Crippen LogP contribution is -2.57. The molecule has 0 radical (unpaired) electrons. The fourth-order valence-corrected chi connectivity index (χ4v) is 8.06. The van der Waals surface area contributed by atoms with Crippen LogP contribution >= 0.6 is 11.3 Å². The first-order valence-electron chi connectivity index (χ1n) is 18.7. The van der Waals surface area contributed by atoms with Crippen LogP contribution in [0.15, 0.2) is 48.0 Å². The molecule has 2 fully saturated rings. The van der Waals surface area contributed by atoms with Crippen LogP contribution in [0.2, 0.25) is 0 Å². The number of anilines is 1. The number of rotatable bonds is 12. The average Bonchev–Trinajstić information content (AvgIpc) is 3.88. The maximum Gasteiger partial charge on any atom is 0.264 e. The molecule has 56 heavy (non-hydrogen) atoms. The maximum atomic E-state index is 13.9. The van der Waals surface area contributed by atoms with Crippen molar-refractivity contribution in [2.45, 2.75) is 97.3 Å². The van der Waals surface area contributed by atoms with Crippen LogP contribution in [-0.2, 0) is 35.3 Å². The molecule has 1 aromatic heterocycles. The minimum atomic E-state index is -1.15. The molecular weight excluding hydrogens is 739 g/mol. The molecule has 3 atom stereocenters. The number of imide groups is 2. The predicted molar refractivity (Wildman–Crippen MR) is 206 cm³/mol. The van der Waals surface area contributed by atoms with E-state index in [2.05, 4.69) is 26.3 Å². The summed E-state index contributed by atoms with van der Waals surface area (Å²) in [7, 11) is 0. The number of amides is 8. The Kier molecular flexibility index (Phi) is 11.8. The minimum Gasteiger partial charge on any atom is -0.350 e. The third-order valence-corrected chi connectivity index (χ3v) is 11.2. The van der Waals surface area contributed by atoms with Crippen LogP contribution < -0.4 is 21.3 Å². The van der Waals surface area contributed by atoms with E-state index in [1.807, 2.05) is 57.5 Å². The third-order valence-electron chi connectivity index (χ3n) is 10.2. The van der Waals surface area contributed by atoms with Crippen molar-refractivity contribution in [3.63, 3.8) is 0 Å². The fourth-order valence-electron chi connectivity index (χ4n) is 7.25. The molecule has 15 nitrogen and oxygen atoms in total. The number of aryl methyl sites for hydroxylation is 1. The fraction of sp³-hybridized carbons (Fsp3) is 0.425. The second kappa shape index (κ2) is 16.5. The number of carbonyl (C=O) groups excluding carboxylic acids is 8. The monoisotopic (exact) mass is 783 g/mol. The Morgan fingerprint density at radius 1 is 0.964 bits per heavy atom. The molecule has 0 saturated carbocycles. The Hall–Kier alpha value is -5.77. The smallest absolute Gasteiger partial charge is 0.264 e. The van der Waals surface area contributed by atoms with E-state index in [0.717, 1.165) is 26.6 Å². The van der Waals surface area contributed by atoms with Gasteiger partial charge in [-0.2, -0.15) is 0 Å². The number of piperidine rings is 1. The number of hydrogen-bond donors (Lipinski definition) is 4. The Labute approximate surface area is 328 Å². The predicted octanol–water partition coefficient (Wildman–Crippen LogP) is 3.47. The van der Waals surface area contributed by atoms with Gasteiger partial charge < -0.3 is 20.9 Å².